The van der Waals surface area contributed by atoms with Gasteiger partial charge in [-0.2, -0.15) is 0 Å². The molecule has 8 atom stereocenters. The normalized spacial score (nSPS) is 41.1. The maximum absolute atomic E-state index is 12.8. The van der Waals surface area contributed by atoms with Gasteiger partial charge in [0, 0.05) is 42.6 Å². The number of aliphatic imine (C=N–C) groups is 1. The van der Waals surface area contributed by atoms with E-state index in [1.807, 2.05) is 6.92 Å². The van der Waals surface area contributed by atoms with E-state index in [4.69, 9.17) is 21.3 Å². The van der Waals surface area contributed by atoms with Crippen molar-refractivity contribution in [2.75, 3.05) is 6.54 Å². The number of rotatable bonds is 7. The van der Waals surface area contributed by atoms with Gasteiger partial charge in [0.15, 0.2) is 0 Å². The summed E-state index contributed by atoms with van der Waals surface area (Å²) in [4.78, 5) is 32.5. The van der Waals surface area contributed by atoms with Gasteiger partial charge in [-0.05, 0) is 90.4 Å². The van der Waals surface area contributed by atoms with E-state index in [0.717, 1.165) is 70.6 Å². The number of carbonyl (C=O) groups excluding carboxylic acids is 2. The molecule has 3 aliphatic carbocycles. The zero-order valence-electron chi connectivity index (χ0n) is 24.0. The van der Waals surface area contributed by atoms with E-state index in [-0.39, 0.29) is 53.8 Å². The number of hydrazine groups is 1. The van der Waals surface area contributed by atoms with Gasteiger partial charge in [0.2, 0.25) is 11.8 Å². The highest BCUT2D eigenvalue weighted by molar-refractivity contribution is 6.20. The fourth-order valence-electron chi connectivity index (χ4n) is 7.99. The van der Waals surface area contributed by atoms with Crippen molar-refractivity contribution in [2.24, 2.45) is 16.8 Å². The van der Waals surface area contributed by atoms with Crippen LogP contribution in [-0.4, -0.2) is 77.0 Å². The van der Waals surface area contributed by atoms with Crippen molar-refractivity contribution in [1.29, 1.82) is 0 Å². The molecule has 9 nitrogen and oxygen atoms in total. The third-order valence-electron chi connectivity index (χ3n) is 9.68. The van der Waals surface area contributed by atoms with E-state index in [0.29, 0.717) is 30.8 Å². The molecule has 3 saturated carbocycles. The summed E-state index contributed by atoms with van der Waals surface area (Å²) in [6.45, 7) is 6.41. The molecule has 2 aliphatic heterocycles. The standard InChI is InChI=1S/C29H49ClN6O3/c1-4-31-27(38)16-25-29-35-34-17(2)36(29)26-13-12-23(39-22-7-5-6-21(14-22)32-18(3)37)15-24(26)28(33-25)19-8-10-20(30)11-9-19/h17,19-26,29,34-35H,4-16H2,1-3H3,(H,31,38)(H,32,37)/t17?,19?,20?,21?,22?,23?,24?,25-,26?,29?/m0/s1. The summed E-state index contributed by atoms with van der Waals surface area (Å²) < 4.78 is 6.81. The number of amides is 2. The van der Waals surface area contributed by atoms with Gasteiger partial charge >= 0.3 is 0 Å². The summed E-state index contributed by atoms with van der Waals surface area (Å²) >= 11 is 6.53. The first-order valence-corrected chi connectivity index (χ1v) is 15.9. The molecule has 0 radical (unpaired) electrons. The van der Waals surface area contributed by atoms with Crippen LogP contribution in [-0.2, 0) is 14.3 Å². The molecule has 2 heterocycles. The Morgan fingerprint density at radius 1 is 1.05 bits per heavy atom. The summed E-state index contributed by atoms with van der Waals surface area (Å²) in [5, 5.41) is 6.37. The summed E-state index contributed by atoms with van der Waals surface area (Å²) in [5.41, 5.74) is 8.27. The molecule has 0 aromatic carbocycles. The molecule has 7 unspecified atom stereocenters. The van der Waals surface area contributed by atoms with Crippen molar-refractivity contribution in [3.05, 3.63) is 0 Å². The lowest BCUT2D eigenvalue weighted by Crippen LogP contribution is -2.55. The summed E-state index contributed by atoms with van der Waals surface area (Å²) in [7, 11) is 0. The third kappa shape index (κ3) is 6.97. The Labute approximate surface area is 238 Å². The van der Waals surface area contributed by atoms with Crippen molar-refractivity contribution < 1.29 is 14.3 Å². The average Bonchev–Trinajstić information content (AvgIpc) is 3.22. The Hall–Kier alpha value is -1.26. The minimum atomic E-state index is -0.139. The van der Waals surface area contributed by atoms with Crippen LogP contribution in [0, 0.1) is 11.8 Å². The molecule has 5 rings (SSSR count). The van der Waals surface area contributed by atoms with Gasteiger partial charge in [-0.15, -0.1) is 11.6 Å². The Morgan fingerprint density at radius 2 is 1.82 bits per heavy atom. The van der Waals surface area contributed by atoms with Gasteiger partial charge < -0.3 is 15.4 Å². The Balaban J connectivity index is 1.38. The predicted molar refractivity (Wildman–Crippen MR) is 153 cm³/mol. The van der Waals surface area contributed by atoms with Crippen LogP contribution in [0.15, 0.2) is 4.99 Å². The molecule has 0 aromatic rings. The maximum Gasteiger partial charge on any atom is 0.222 e. The lowest BCUT2D eigenvalue weighted by atomic mass is 9.72. The number of nitrogens with zero attached hydrogens (tertiary/aromatic N) is 2. The van der Waals surface area contributed by atoms with Crippen molar-refractivity contribution in [1.82, 2.24) is 26.4 Å². The molecule has 1 saturated heterocycles. The van der Waals surface area contributed by atoms with Crippen LogP contribution < -0.4 is 21.5 Å². The molecule has 0 bridgehead atoms. The van der Waals surface area contributed by atoms with Crippen LogP contribution in [0.5, 0.6) is 0 Å². The van der Waals surface area contributed by atoms with E-state index in [1.165, 1.54) is 5.71 Å². The molecular weight excluding hydrogens is 516 g/mol. The quantitative estimate of drug-likeness (QED) is 0.354. The summed E-state index contributed by atoms with van der Waals surface area (Å²) in [6, 6.07) is 0.439. The summed E-state index contributed by atoms with van der Waals surface area (Å²) in [5.74, 6) is 0.839. The van der Waals surface area contributed by atoms with Crippen molar-refractivity contribution >= 4 is 29.1 Å². The first kappa shape index (κ1) is 29.2. The predicted octanol–water partition coefficient (Wildman–Crippen LogP) is 3.22. The molecule has 10 heteroatoms. The van der Waals surface area contributed by atoms with Crippen molar-refractivity contribution in [3.8, 4) is 0 Å². The van der Waals surface area contributed by atoms with Crippen LogP contribution in [0.2, 0.25) is 0 Å². The molecule has 4 N–H and O–H groups in total. The van der Waals surface area contributed by atoms with Crippen molar-refractivity contribution in [3.63, 3.8) is 0 Å². The highest BCUT2D eigenvalue weighted by atomic mass is 35.5. The van der Waals surface area contributed by atoms with Crippen molar-refractivity contribution in [2.45, 2.75) is 146 Å². The lowest BCUT2D eigenvalue weighted by Gasteiger charge is -2.45. The first-order valence-electron chi connectivity index (χ1n) is 15.5. The van der Waals surface area contributed by atoms with Crippen LogP contribution in [0.3, 0.4) is 0 Å². The minimum Gasteiger partial charge on any atom is -0.375 e. The Morgan fingerprint density at radius 3 is 2.56 bits per heavy atom. The molecule has 5 aliphatic rings. The van der Waals surface area contributed by atoms with Gasteiger partial charge in [0.1, 0.15) is 0 Å². The smallest absolute Gasteiger partial charge is 0.222 e. The monoisotopic (exact) mass is 564 g/mol. The molecule has 39 heavy (non-hydrogen) atoms. The number of hydrogen-bond acceptors (Lipinski definition) is 7. The van der Waals surface area contributed by atoms with Crippen LogP contribution >= 0.6 is 11.6 Å². The topological polar surface area (TPSA) is 107 Å². The number of halogens is 1. The first-order chi connectivity index (χ1) is 18.8. The fourth-order valence-corrected chi connectivity index (χ4v) is 8.24. The molecule has 4 fully saturated rings. The number of nitrogens with one attached hydrogen (secondary N) is 4. The van der Waals surface area contributed by atoms with E-state index in [2.05, 4.69) is 33.3 Å². The van der Waals surface area contributed by atoms with Gasteiger partial charge in [-0.1, -0.05) is 0 Å². The van der Waals surface area contributed by atoms with Gasteiger partial charge in [-0.3, -0.25) is 19.5 Å². The van der Waals surface area contributed by atoms with E-state index >= 15 is 0 Å². The van der Waals surface area contributed by atoms with Crippen LogP contribution in [0.4, 0.5) is 0 Å². The Bertz CT molecular complexity index is 896. The molecule has 0 aromatic heterocycles. The largest absolute Gasteiger partial charge is 0.375 e. The van der Waals surface area contributed by atoms with E-state index in [9.17, 15) is 9.59 Å². The molecular formula is C29H49ClN6O3. The van der Waals surface area contributed by atoms with E-state index < -0.39 is 0 Å². The second-order valence-corrected chi connectivity index (χ2v) is 13.1. The highest BCUT2D eigenvalue weighted by Crippen LogP contribution is 2.42. The van der Waals surface area contributed by atoms with Gasteiger partial charge in [0.25, 0.3) is 0 Å². The number of carbonyl (C=O) groups is 2. The molecule has 2 amide bonds. The number of fused-ring (bicyclic) bond motifs is 3. The average molecular weight is 565 g/mol. The maximum atomic E-state index is 12.8. The van der Waals surface area contributed by atoms with Crippen LogP contribution in [0.25, 0.3) is 0 Å². The SMILES string of the molecule is CCNC(=O)C[C@@H]1N=C(C2CCC(Cl)CC2)C2CC(OC3CCCC(NC(C)=O)C3)CCC2N2C(C)NNC12. The number of alkyl halides is 1. The number of ether oxygens (including phenoxy) is 1. The lowest BCUT2D eigenvalue weighted by molar-refractivity contribution is -0.122. The fraction of sp³-hybridized carbons (Fsp3) is 0.897. The summed E-state index contributed by atoms with van der Waals surface area (Å²) in [6.07, 6.45) is 12.3. The molecule has 220 valence electrons. The van der Waals surface area contributed by atoms with E-state index in [1.54, 1.807) is 6.92 Å². The molecule has 0 spiro atoms. The zero-order valence-corrected chi connectivity index (χ0v) is 24.7. The van der Waals surface area contributed by atoms with Crippen LogP contribution in [0.1, 0.15) is 97.8 Å². The zero-order chi connectivity index (χ0) is 27.5. The highest BCUT2D eigenvalue weighted by Gasteiger charge is 2.50. The Kier molecular flexibility index (Phi) is 9.86. The number of hydrogen-bond donors (Lipinski definition) is 4. The second kappa shape index (κ2) is 13.1. The minimum absolute atomic E-state index is 0.00815. The second-order valence-electron chi connectivity index (χ2n) is 12.5. The third-order valence-corrected chi connectivity index (χ3v) is 10.1. The van der Waals surface area contributed by atoms with Gasteiger partial charge in [-0.25, -0.2) is 10.9 Å². The van der Waals surface area contributed by atoms with Gasteiger partial charge in [0.05, 0.1) is 37.0 Å².